The van der Waals surface area contributed by atoms with Crippen LogP contribution in [0.4, 0.5) is 15.8 Å². The highest BCUT2D eigenvalue weighted by Gasteiger charge is 2.15. The van der Waals surface area contributed by atoms with Crippen molar-refractivity contribution in [3.8, 4) is 0 Å². The minimum atomic E-state index is -0.481. The Morgan fingerprint density at radius 1 is 1.21 bits per heavy atom. The van der Waals surface area contributed by atoms with E-state index in [1.165, 1.54) is 35.8 Å². The summed E-state index contributed by atoms with van der Waals surface area (Å²) in [7, 11) is 0. The van der Waals surface area contributed by atoms with Crippen molar-refractivity contribution >= 4 is 44.9 Å². The number of anilines is 1. The Labute approximate surface area is 169 Å². The molecular weight excluding hydrogens is 395 g/mol. The minimum Gasteiger partial charge on any atom is -0.371 e. The van der Waals surface area contributed by atoms with Gasteiger partial charge in [-0.15, -0.1) is 11.3 Å². The van der Waals surface area contributed by atoms with E-state index in [1.807, 2.05) is 6.07 Å². The molecule has 9 heteroatoms. The first kappa shape index (κ1) is 19.0. The van der Waals surface area contributed by atoms with Crippen molar-refractivity contribution in [1.82, 2.24) is 5.43 Å². The Bertz CT molecular complexity index is 1120. The molecule has 7 nitrogen and oxygen atoms in total. The highest BCUT2D eigenvalue weighted by molar-refractivity contribution is 7.20. The summed E-state index contributed by atoms with van der Waals surface area (Å²) in [5.41, 5.74) is 3.46. The van der Waals surface area contributed by atoms with E-state index in [9.17, 15) is 19.3 Å². The number of hydrogen-bond acceptors (Lipinski definition) is 6. The molecule has 1 amide bonds. The van der Waals surface area contributed by atoms with Crippen molar-refractivity contribution in [2.75, 3.05) is 18.0 Å². The van der Waals surface area contributed by atoms with E-state index >= 15 is 0 Å². The normalized spacial score (nSPS) is 14.0. The Hall–Kier alpha value is -3.33. The van der Waals surface area contributed by atoms with Crippen LogP contribution < -0.4 is 10.3 Å². The zero-order chi connectivity index (χ0) is 20.4. The molecule has 148 valence electrons. The number of benzene rings is 2. The number of rotatable bonds is 5. The number of carbonyl (C=O) groups excluding carboxylic acids is 1. The molecule has 0 aliphatic carbocycles. The number of nitrogens with one attached hydrogen (secondary N) is 1. The van der Waals surface area contributed by atoms with Gasteiger partial charge in [0.15, 0.2) is 0 Å². The van der Waals surface area contributed by atoms with E-state index in [4.69, 9.17) is 0 Å². The van der Waals surface area contributed by atoms with Crippen LogP contribution in [0.5, 0.6) is 0 Å². The van der Waals surface area contributed by atoms with Crippen LogP contribution in [-0.4, -0.2) is 30.1 Å². The summed E-state index contributed by atoms with van der Waals surface area (Å²) in [4.78, 5) is 25.2. The predicted octanol–water partition coefficient (Wildman–Crippen LogP) is 4.31. The number of fused-ring (bicyclic) bond motifs is 1. The number of halogens is 1. The molecule has 0 unspecified atom stereocenters. The summed E-state index contributed by atoms with van der Waals surface area (Å²) < 4.78 is 15.1. The molecule has 0 spiro atoms. The summed E-state index contributed by atoms with van der Waals surface area (Å²) in [6, 6.07) is 11.0. The van der Waals surface area contributed by atoms with Gasteiger partial charge in [-0.05, 0) is 43.2 Å². The minimum absolute atomic E-state index is 0.0341. The van der Waals surface area contributed by atoms with Crippen molar-refractivity contribution in [3.63, 3.8) is 0 Å². The fourth-order valence-corrected chi connectivity index (χ4v) is 4.20. The third kappa shape index (κ3) is 4.09. The monoisotopic (exact) mass is 412 g/mol. The number of thiophene rings is 1. The number of nitrogens with zero attached hydrogens (tertiary/aromatic N) is 3. The Morgan fingerprint density at radius 2 is 2.00 bits per heavy atom. The van der Waals surface area contributed by atoms with Crippen molar-refractivity contribution < 1.29 is 14.1 Å². The lowest BCUT2D eigenvalue weighted by Gasteiger charge is -2.17. The molecule has 1 saturated heterocycles. The third-order valence-electron chi connectivity index (χ3n) is 4.76. The molecule has 1 aliphatic rings. The van der Waals surface area contributed by atoms with E-state index in [0.717, 1.165) is 36.3 Å². The molecule has 1 N–H and O–H groups in total. The number of hydrogen-bond donors (Lipinski definition) is 1. The maximum absolute atomic E-state index is 14.3. The average molecular weight is 412 g/mol. The third-order valence-corrected chi connectivity index (χ3v) is 5.87. The van der Waals surface area contributed by atoms with Crippen LogP contribution >= 0.6 is 11.3 Å². The van der Waals surface area contributed by atoms with Crippen molar-refractivity contribution in [2.45, 2.75) is 12.8 Å². The average Bonchev–Trinajstić information content (AvgIpc) is 3.38. The number of nitro groups is 1. The topological polar surface area (TPSA) is 87.8 Å². The second-order valence-electron chi connectivity index (χ2n) is 6.69. The molecule has 1 fully saturated rings. The van der Waals surface area contributed by atoms with Gasteiger partial charge in [0, 0.05) is 46.6 Å². The number of nitro benzene ring substituents is 1. The Kier molecular flexibility index (Phi) is 5.22. The maximum Gasteiger partial charge on any atom is 0.281 e. The molecule has 1 aromatic heterocycles. The Morgan fingerprint density at radius 3 is 2.72 bits per heavy atom. The van der Waals surface area contributed by atoms with E-state index in [-0.39, 0.29) is 11.3 Å². The number of carbonyl (C=O) groups is 1. The summed E-state index contributed by atoms with van der Waals surface area (Å²) in [6.45, 7) is 1.86. The lowest BCUT2D eigenvalue weighted by molar-refractivity contribution is -0.384. The number of amides is 1. The summed E-state index contributed by atoms with van der Waals surface area (Å²) in [5.74, 6) is -0.860. The predicted molar refractivity (Wildman–Crippen MR) is 111 cm³/mol. The van der Waals surface area contributed by atoms with Crippen molar-refractivity contribution in [2.24, 2.45) is 5.10 Å². The summed E-state index contributed by atoms with van der Waals surface area (Å²) >= 11 is 1.20. The zero-order valence-electron chi connectivity index (χ0n) is 15.3. The van der Waals surface area contributed by atoms with Gasteiger partial charge in [-0.2, -0.15) is 5.10 Å². The van der Waals surface area contributed by atoms with Gasteiger partial charge in [0.1, 0.15) is 5.82 Å². The smallest absolute Gasteiger partial charge is 0.281 e. The first-order valence-corrected chi connectivity index (χ1v) is 9.89. The van der Waals surface area contributed by atoms with Gasteiger partial charge in [0.05, 0.1) is 16.0 Å². The quantitative estimate of drug-likeness (QED) is 0.384. The molecule has 0 bridgehead atoms. The maximum atomic E-state index is 14.3. The second kappa shape index (κ2) is 7.96. The lowest BCUT2D eigenvalue weighted by Crippen LogP contribution is -2.18. The molecule has 2 heterocycles. The van der Waals surface area contributed by atoms with E-state index in [2.05, 4.69) is 15.4 Å². The molecule has 2 aromatic carbocycles. The van der Waals surface area contributed by atoms with Gasteiger partial charge < -0.3 is 4.90 Å². The fraction of sp³-hybridized carbons (Fsp3) is 0.200. The van der Waals surface area contributed by atoms with E-state index < -0.39 is 16.6 Å². The fourth-order valence-electron chi connectivity index (χ4n) is 3.26. The highest BCUT2D eigenvalue weighted by Crippen LogP contribution is 2.29. The summed E-state index contributed by atoms with van der Waals surface area (Å²) in [6.07, 6.45) is 3.49. The van der Waals surface area contributed by atoms with Gasteiger partial charge in [-0.25, -0.2) is 9.82 Å². The molecule has 3 aromatic rings. The molecular formula is C20H17FN4O3S. The molecule has 0 saturated carbocycles. The molecule has 1 aliphatic heterocycles. The largest absolute Gasteiger partial charge is 0.371 e. The SMILES string of the molecule is O=C(NN=Cc1ccc(N2CCCC2)cc1F)c1cc2cc([N+](=O)[O-])ccc2s1. The highest BCUT2D eigenvalue weighted by atomic mass is 32.1. The molecule has 29 heavy (non-hydrogen) atoms. The standard InChI is InChI=1S/C20H17FN4O3S/c21-17-11-15(24-7-1-2-8-24)4-3-13(17)12-22-23-20(26)19-10-14-9-16(25(27)28)5-6-18(14)29-19/h3-6,9-12H,1-2,7-8H2,(H,23,26). The van der Waals surface area contributed by atoms with Gasteiger partial charge in [0.25, 0.3) is 11.6 Å². The first-order valence-electron chi connectivity index (χ1n) is 9.07. The number of non-ortho nitro benzene ring substituents is 1. The van der Waals surface area contributed by atoms with Crippen LogP contribution in [0.3, 0.4) is 0 Å². The molecule has 0 radical (unpaired) electrons. The van der Waals surface area contributed by atoms with E-state index in [0.29, 0.717) is 10.3 Å². The van der Waals surface area contributed by atoms with Crippen molar-refractivity contribution in [1.29, 1.82) is 0 Å². The van der Waals surface area contributed by atoms with Crippen molar-refractivity contribution in [3.05, 3.63) is 68.8 Å². The van der Waals surface area contributed by atoms with Crippen LogP contribution in [0.15, 0.2) is 47.6 Å². The van der Waals surface area contributed by atoms with Crippen LogP contribution in [0, 0.1) is 15.9 Å². The second-order valence-corrected chi connectivity index (χ2v) is 7.77. The van der Waals surface area contributed by atoms with Gasteiger partial charge in [0.2, 0.25) is 0 Å². The van der Waals surface area contributed by atoms with Gasteiger partial charge in [-0.3, -0.25) is 14.9 Å². The van der Waals surface area contributed by atoms with Crippen LogP contribution in [0.1, 0.15) is 28.1 Å². The Balaban J connectivity index is 1.44. The molecule has 0 atom stereocenters. The zero-order valence-corrected chi connectivity index (χ0v) is 16.1. The molecule has 4 rings (SSSR count). The van der Waals surface area contributed by atoms with Gasteiger partial charge in [-0.1, -0.05) is 0 Å². The van der Waals surface area contributed by atoms with Gasteiger partial charge >= 0.3 is 0 Å². The van der Waals surface area contributed by atoms with Crippen LogP contribution in [0.2, 0.25) is 0 Å². The number of hydrazone groups is 1. The first-order chi connectivity index (χ1) is 14.0. The lowest BCUT2D eigenvalue weighted by atomic mass is 10.2. The summed E-state index contributed by atoms with van der Waals surface area (Å²) in [5, 5.41) is 15.3. The van der Waals surface area contributed by atoms with Crippen LogP contribution in [-0.2, 0) is 0 Å². The van der Waals surface area contributed by atoms with E-state index in [1.54, 1.807) is 18.2 Å². The van der Waals surface area contributed by atoms with Crippen LogP contribution in [0.25, 0.3) is 10.1 Å².